The predicted molar refractivity (Wildman–Crippen MR) is 130 cm³/mol. The Bertz CT molecular complexity index is 764. The van der Waals surface area contributed by atoms with E-state index in [1.807, 2.05) is 30.3 Å². The fourth-order valence-electron chi connectivity index (χ4n) is 3.17. The van der Waals surface area contributed by atoms with Crippen molar-refractivity contribution >= 4 is 40.7 Å². The Balaban J connectivity index is 0.00000280. The van der Waals surface area contributed by atoms with Gasteiger partial charge in [-0.3, -0.25) is 9.20 Å². The number of benzene rings is 2. The summed E-state index contributed by atoms with van der Waals surface area (Å²) in [4.78, 5) is 4.80. The van der Waals surface area contributed by atoms with Crippen molar-refractivity contribution in [1.29, 1.82) is 0 Å². The second-order valence-corrected chi connectivity index (χ2v) is 8.62. The molecule has 28 heavy (non-hydrogen) atoms. The van der Waals surface area contributed by atoms with E-state index in [9.17, 15) is 4.21 Å². The summed E-state index contributed by atoms with van der Waals surface area (Å²) >= 11 is 0. The minimum absolute atomic E-state index is 0. The third kappa shape index (κ3) is 6.88. The van der Waals surface area contributed by atoms with Crippen LogP contribution in [0.4, 0.5) is 0 Å². The first-order chi connectivity index (χ1) is 13.2. The van der Waals surface area contributed by atoms with Gasteiger partial charge in [-0.15, -0.1) is 24.0 Å². The van der Waals surface area contributed by atoms with Crippen LogP contribution in [0.15, 0.2) is 65.7 Å². The fraction of sp³-hybridized carbons (Fsp3) is 0.409. The zero-order valence-electron chi connectivity index (χ0n) is 16.4. The van der Waals surface area contributed by atoms with Crippen LogP contribution in [0, 0.1) is 0 Å². The Morgan fingerprint density at radius 2 is 1.68 bits per heavy atom. The van der Waals surface area contributed by atoms with Crippen LogP contribution in [-0.2, 0) is 22.0 Å². The quantitative estimate of drug-likeness (QED) is 0.306. The van der Waals surface area contributed by atoms with E-state index in [2.05, 4.69) is 47.9 Å². The number of hydrogen-bond acceptors (Lipinski definition) is 2. The highest BCUT2D eigenvalue weighted by atomic mass is 127. The molecule has 2 aromatic carbocycles. The van der Waals surface area contributed by atoms with Crippen molar-refractivity contribution in [2.45, 2.75) is 30.9 Å². The molecule has 6 heteroatoms. The van der Waals surface area contributed by atoms with Gasteiger partial charge in [0.1, 0.15) is 0 Å². The number of nitrogens with one attached hydrogen (secondary N) is 2. The first-order valence-electron chi connectivity index (χ1n) is 9.68. The van der Waals surface area contributed by atoms with Gasteiger partial charge in [-0.05, 0) is 30.9 Å². The maximum absolute atomic E-state index is 12.3. The van der Waals surface area contributed by atoms with Crippen LogP contribution in [0.1, 0.15) is 30.9 Å². The summed E-state index contributed by atoms with van der Waals surface area (Å²) < 4.78 is 12.3. The van der Waals surface area contributed by atoms with Crippen LogP contribution in [0.25, 0.3) is 0 Å². The molecule has 1 aliphatic rings. The molecule has 0 heterocycles. The molecule has 1 saturated carbocycles. The van der Waals surface area contributed by atoms with E-state index < -0.39 is 10.8 Å². The number of hydrogen-bond donors (Lipinski definition) is 2. The number of guanidine groups is 1. The molecule has 1 fully saturated rings. The molecule has 0 saturated heterocycles. The highest BCUT2D eigenvalue weighted by Gasteiger charge is 2.43. The van der Waals surface area contributed by atoms with Crippen molar-refractivity contribution < 1.29 is 4.21 Å². The fourth-order valence-corrected chi connectivity index (χ4v) is 4.21. The molecule has 2 N–H and O–H groups in total. The molecule has 0 aliphatic heterocycles. The first-order valence-corrected chi connectivity index (χ1v) is 11.2. The van der Waals surface area contributed by atoms with Crippen LogP contribution in [-0.4, -0.2) is 35.6 Å². The van der Waals surface area contributed by atoms with E-state index in [0.29, 0.717) is 18.1 Å². The molecular formula is C22H30IN3OS. The molecule has 3 rings (SSSR count). The van der Waals surface area contributed by atoms with Crippen molar-refractivity contribution in [2.24, 2.45) is 4.99 Å². The second-order valence-electron chi connectivity index (χ2n) is 7.04. The van der Waals surface area contributed by atoms with Gasteiger partial charge < -0.3 is 10.6 Å². The van der Waals surface area contributed by atoms with Gasteiger partial charge in [0.25, 0.3) is 0 Å². The van der Waals surface area contributed by atoms with Crippen molar-refractivity contribution in [2.75, 3.05) is 25.4 Å². The Morgan fingerprint density at radius 3 is 2.29 bits per heavy atom. The summed E-state index contributed by atoms with van der Waals surface area (Å²) in [6.07, 6.45) is 2.39. The molecule has 4 nitrogen and oxygen atoms in total. The van der Waals surface area contributed by atoms with Crippen LogP contribution in [0.5, 0.6) is 0 Å². The van der Waals surface area contributed by atoms with Crippen molar-refractivity contribution in [3.8, 4) is 0 Å². The zero-order valence-corrected chi connectivity index (χ0v) is 19.5. The molecule has 0 spiro atoms. The van der Waals surface area contributed by atoms with Gasteiger partial charge in [0.05, 0.1) is 6.54 Å². The summed E-state index contributed by atoms with van der Waals surface area (Å²) in [5, 5.41) is 6.63. The summed E-state index contributed by atoms with van der Waals surface area (Å²) in [5.41, 5.74) is 2.71. The maximum Gasteiger partial charge on any atom is 0.191 e. The lowest BCUT2D eigenvalue weighted by molar-refractivity contribution is 0.679. The number of halogens is 1. The third-order valence-corrected chi connectivity index (χ3v) is 6.23. The summed E-state index contributed by atoms with van der Waals surface area (Å²) in [5.74, 6) is 2.03. The molecule has 152 valence electrons. The van der Waals surface area contributed by atoms with Gasteiger partial charge >= 0.3 is 0 Å². The smallest absolute Gasteiger partial charge is 0.191 e. The largest absolute Gasteiger partial charge is 0.357 e. The van der Waals surface area contributed by atoms with Gasteiger partial charge in [-0.1, -0.05) is 60.7 Å². The Kier molecular flexibility index (Phi) is 9.44. The number of rotatable bonds is 9. The maximum atomic E-state index is 12.3. The highest BCUT2D eigenvalue weighted by molar-refractivity contribution is 14.0. The lowest BCUT2D eigenvalue weighted by atomic mass is 9.96. The van der Waals surface area contributed by atoms with E-state index in [0.717, 1.165) is 24.6 Å². The lowest BCUT2D eigenvalue weighted by Crippen LogP contribution is -2.39. The molecule has 1 atom stereocenters. The Hall–Kier alpha value is -1.41. The van der Waals surface area contributed by atoms with E-state index >= 15 is 0 Å². The molecule has 0 amide bonds. The molecule has 2 aromatic rings. The van der Waals surface area contributed by atoms with Crippen LogP contribution in [0.3, 0.4) is 0 Å². The average molecular weight is 511 g/mol. The molecule has 0 radical (unpaired) electrons. The topological polar surface area (TPSA) is 53.5 Å². The minimum Gasteiger partial charge on any atom is -0.357 e. The normalized spacial score (nSPS) is 16.0. The Morgan fingerprint density at radius 1 is 1.04 bits per heavy atom. The van der Waals surface area contributed by atoms with Gasteiger partial charge in [0, 0.05) is 40.8 Å². The van der Waals surface area contributed by atoms with Crippen LogP contribution in [0.2, 0.25) is 0 Å². The average Bonchev–Trinajstić information content (AvgIpc) is 3.49. The first kappa shape index (κ1) is 22.9. The molecular weight excluding hydrogens is 481 g/mol. The van der Waals surface area contributed by atoms with E-state index in [1.165, 1.54) is 18.4 Å². The van der Waals surface area contributed by atoms with E-state index in [1.54, 1.807) is 0 Å². The SMILES string of the molecule is CCNC(=NCC1(c2ccccc2)CC1)NCCS(=O)Cc1ccccc1.I. The van der Waals surface area contributed by atoms with Crippen molar-refractivity contribution in [1.82, 2.24) is 10.6 Å². The van der Waals surface area contributed by atoms with Crippen molar-refractivity contribution in [3.63, 3.8) is 0 Å². The number of nitrogens with zero attached hydrogens (tertiary/aromatic N) is 1. The summed E-state index contributed by atoms with van der Waals surface area (Å²) in [7, 11) is -0.875. The van der Waals surface area contributed by atoms with E-state index in [4.69, 9.17) is 4.99 Å². The second kappa shape index (κ2) is 11.6. The van der Waals surface area contributed by atoms with Gasteiger partial charge in [0.2, 0.25) is 0 Å². The van der Waals surface area contributed by atoms with Crippen molar-refractivity contribution in [3.05, 3.63) is 71.8 Å². The molecule has 1 unspecified atom stereocenters. The van der Waals surface area contributed by atoms with Crippen LogP contribution < -0.4 is 10.6 Å². The van der Waals surface area contributed by atoms with Gasteiger partial charge in [-0.2, -0.15) is 0 Å². The molecule has 0 aromatic heterocycles. The summed E-state index contributed by atoms with van der Waals surface area (Å²) in [6, 6.07) is 20.7. The molecule has 1 aliphatic carbocycles. The number of aliphatic imine (C=N–C) groups is 1. The van der Waals surface area contributed by atoms with Gasteiger partial charge in [-0.25, -0.2) is 0 Å². The Labute approximate surface area is 188 Å². The highest BCUT2D eigenvalue weighted by Crippen LogP contribution is 2.48. The minimum atomic E-state index is -0.875. The standard InChI is InChI=1S/C22H29N3OS.HI/c1-2-23-21(24-15-16-27(26)17-19-9-5-3-6-10-19)25-18-22(13-14-22)20-11-7-4-8-12-20;/h3-12H,2,13-18H2,1H3,(H2,23,24,25);1H. The monoisotopic (exact) mass is 511 g/mol. The molecule has 0 bridgehead atoms. The van der Waals surface area contributed by atoms with Crippen LogP contribution >= 0.6 is 24.0 Å². The summed E-state index contributed by atoms with van der Waals surface area (Å²) in [6.45, 7) is 4.33. The zero-order chi connectivity index (χ0) is 19.0. The van der Waals surface area contributed by atoms with E-state index in [-0.39, 0.29) is 29.4 Å². The van der Waals surface area contributed by atoms with Gasteiger partial charge in [0.15, 0.2) is 5.96 Å². The third-order valence-electron chi connectivity index (χ3n) is 4.92. The lowest BCUT2D eigenvalue weighted by Gasteiger charge is -2.16. The predicted octanol–water partition coefficient (Wildman–Crippen LogP) is 3.84.